The van der Waals surface area contributed by atoms with Crippen molar-refractivity contribution in [3.63, 3.8) is 0 Å². The number of ketones is 1. The van der Waals surface area contributed by atoms with Crippen molar-refractivity contribution >= 4 is 23.4 Å². The van der Waals surface area contributed by atoms with Crippen LogP contribution in [0.4, 0.5) is 0 Å². The summed E-state index contributed by atoms with van der Waals surface area (Å²) in [6.07, 6.45) is 5.99. The van der Waals surface area contributed by atoms with Crippen molar-refractivity contribution in [2.24, 2.45) is 10.9 Å². The van der Waals surface area contributed by atoms with Crippen LogP contribution < -0.4 is 4.74 Å². The Bertz CT molecular complexity index is 1240. The number of allylic oxidation sites excluding steroid dienone is 2. The predicted molar refractivity (Wildman–Crippen MR) is 141 cm³/mol. The molecule has 2 aromatic rings. The summed E-state index contributed by atoms with van der Waals surface area (Å²) in [5.41, 5.74) is 3.99. The summed E-state index contributed by atoms with van der Waals surface area (Å²) in [5.74, 6) is -1.37. The maximum absolute atomic E-state index is 13.7. The summed E-state index contributed by atoms with van der Waals surface area (Å²) in [4.78, 5) is 43.6. The molecule has 37 heavy (non-hydrogen) atoms. The van der Waals surface area contributed by atoms with Gasteiger partial charge in [0.15, 0.2) is 5.78 Å². The lowest BCUT2D eigenvalue weighted by Crippen LogP contribution is -2.39. The maximum atomic E-state index is 13.7. The van der Waals surface area contributed by atoms with E-state index in [9.17, 15) is 14.4 Å². The third kappa shape index (κ3) is 5.43. The van der Waals surface area contributed by atoms with E-state index in [1.807, 2.05) is 37.3 Å². The van der Waals surface area contributed by atoms with Crippen molar-refractivity contribution in [2.45, 2.75) is 76.7 Å². The molecule has 3 aliphatic rings. The minimum atomic E-state index is -0.669. The molecule has 0 amide bonds. The Morgan fingerprint density at radius 3 is 2.27 bits per heavy atom. The molecule has 1 unspecified atom stereocenters. The van der Waals surface area contributed by atoms with Gasteiger partial charge in [-0.1, -0.05) is 48.9 Å². The van der Waals surface area contributed by atoms with Crippen molar-refractivity contribution in [1.29, 1.82) is 0 Å². The summed E-state index contributed by atoms with van der Waals surface area (Å²) in [7, 11) is 0. The summed E-state index contributed by atoms with van der Waals surface area (Å²) < 4.78 is 11.2. The second-order valence-electron chi connectivity index (χ2n) is 10.4. The Labute approximate surface area is 217 Å². The first-order valence-corrected chi connectivity index (χ1v) is 13.3. The van der Waals surface area contributed by atoms with Gasteiger partial charge in [0.25, 0.3) is 0 Å². The number of ether oxygens (including phenoxy) is 2. The first-order valence-electron chi connectivity index (χ1n) is 13.3. The number of carbonyl (C=O) groups is 3. The van der Waals surface area contributed by atoms with E-state index in [4.69, 9.17) is 14.5 Å². The molecule has 2 aliphatic carbocycles. The second-order valence-corrected chi connectivity index (χ2v) is 10.4. The van der Waals surface area contributed by atoms with Crippen LogP contribution >= 0.6 is 0 Å². The van der Waals surface area contributed by atoms with Gasteiger partial charge in [0.1, 0.15) is 17.8 Å². The fraction of sp³-hybridized carbons (Fsp3) is 0.419. The molecule has 6 heteroatoms. The third-order valence-electron chi connectivity index (χ3n) is 7.75. The van der Waals surface area contributed by atoms with Crippen LogP contribution in [0.1, 0.15) is 81.8 Å². The average Bonchev–Trinajstić information content (AvgIpc) is 2.89. The first-order chi connectivity index (χ1) is 17.9. The van der Waals surface area contributed by atoms with Crippen LogP contribution in [0.2, 0.25) is 0 Å². The molecule has 0 spiro atoms. The summed E-state index contributed by atoms with van der Waals surface area (Å²) >= 11 is 0. The van der Waals surface area contributed by atoms with Gasteiger partial charge in [-0.05, 0) is 68.2 Å². The second kappa shape index (κ2) is 10.8. The predicted octanol–water partition coefficient (Wildman–Crippen LogP) is 6.06. The highest BCUT2D eigenvalue weighted by Gasteiger charge is 2.45. The molecule has 3 atom stereocenters. The van der Waals surface area contributed by atoms with Crippen LogP contribution in [0.3, 0.4) is 0 Å². The van der Waals surface area contributed by atoms with Crippen LogP contribution in [0.5, 0.6) is 5.75 Å². The molecule has 2 aromatic carbocycles. The molecule has 0 N–H and O–H groups in total. The van der Waals surface area contributed by atoms with E-state index in [0.717, 1.165) is 42.5 Å². The number of carbonyl (C=O) groups excluding carboxylic acids is 3. The zero-order chi connectivity index (χ0) is 25.9. The summed E-state index contributed by atoms with van der Waals surface area (Å²) in [6.45, 7) is 3.22. The molecule has 0 radical (unpaired) electrons. The third-order valence-corrected chi connectivity index (χ3v) is 7.75. The van der Waals surface area contributed by atoms with E-state index in [1.165, 1.54) is 13.3 Å². The van der Waals surface area contributed by atoms with Gasteiger partial charge in [-0.2, -0.15) is 0 Å². The normalized spacial score (nSPS) is 24.2. The summed E-state index contributed by atoms with van der Waals surface area (Å²) in [5, 5.41) is 0. The molecule has 6 nitrogen and oxygen atoms in total. The van der Waals surface area contributed by atoms with Crippen molar-refractivity contribution in [3.05, 3.63) is 77.0 Å². The molecule has 0 aromatic heterocycles. The van der Waals surface area contributed by atoms with Gasteiger partial charge in [0.05, 0.1) is 0 Å². The molecule has 1 aliphatic heterocycles. The van der Waals surface area contributed by atoms with Crippen LogP contribution in [0, 0.1) is 5.92 Å². The van der Waals surface area contributed by atoms with Gasteiger partial charge in [-0.15, -0.1) is 0 Å². The number of rotatable bonds is 5. The molecule has 1 fully saturated rings. The van der Waals surface area contributed by atoms with Crippen molar-refractivity contribution in [1.82, 2.24) is 0 Å². The highest BCUT2D eigenvalue weighted by atomic mass is 16.5. The van der Waals surface area contributed by atoms with E-state index < -0.39 is 17.8 Å². The van der Waals surface area contributed by atoms with Crippen LogP contribution in [-0.4, -0.2) is 29.5 Å². The Balaban J connectivity index is 1.52. The van der Waals surface area contributed by atoms with Gasteiger partial charge in [-0.25, -0.2) is 0 Å². The quantitative estimate of drug-likeness (QED) is 0.369. The van der Waals surface area contributed by atoms with Gasteiger partial charge in [-0.3, -0.25) is 19.4 Å². The summed E-state index contributed by atoms with van der Waals surface area (Å²) in [6, 6.07) is 17.2. The smallest absolute Gasteiger partial charge is 0.315 e. The molecular weight excluding hydrogens is 466 g/mol. The fourth-order valence-corrected chi connectivity index (χ4v) is 6.02. The SMILES string of the molecule is CC(=O)Oc1ccc([C@@H]2C3=C(C[C@@H](c4ccccc4)CC3=O)N=C(C)C2C(=O)OC2CCCCC2)cc1. The first kappa shape index (κ1) is 25.1. The lowest BCUT2D eigenvalue weighted by atomic mass is 9.69. The average molecular weight is 500 g/mol. The lowest BCUT2D eigenvalue weighted by molar-refractivity contribution is -0.153. The molecule has 1 saturated carbocycles. The molecule has 5 rings (SSSR count). The lowest BCUT2D eigenvalue weighted by Gasteiger charge is -2.37. The Kier molecular flexibility index (Phi) is 7.36. The Morgan fingerprint density at radius 2 is 1.59 bits per heavy atom. The molecule has 0 bridgehead atoms. The van der Waals surface area contributed by atoms with E-state index in [1.54, 1.807) is 12.1 Å². The van der Waals surface area contributed by atoms with Crippen LogP contribution in [0.25, 0.3) is 0 Å². The number of hydrogen-bond donors (Lipinski definition) is 0. The topological polar surface area (TPSA) is 82.0 Å². The number of aliphatic imine (C=N–C) groups is 1. The van der Waals surface area contributed by atoms with Crippen molar-refractivity contribution in [2.75, 3.05) is 0 Å². The Hall–Kier alpha value is -3.54. The van der Waals surface area contributed by atoms with Crippen LogP contribution in [0.15, 0.2) is 70.9 Å². The zero-order valence-electron chi connectivity index (χ0n) is 21.4. The van der Waals surface area contributed by atoms with E-state index in [-0.39, 0.29) is 23.8 Å². The number of hydrogen-bond acceptors (Lipinski definition) is 6. The van der Waals surface area contributed by atoms with E-state index in [2.05, 4.69) is 12.1 Å². The monoisotopic (exact) mass is 499 g/mol. The number of esters is 2. The van der Waals surface area contributed by atoms with Crippen molar-refractivity contribution < 1.29 is 23.9 Å². The highest BCUT2D eigenvalue weighted by molar-refractivity contribution is 6.09. The largest absolute Gasteiger partial charge is 0.462 e. The standard InChI is InChI=1S/C31H33NO5/c1-19-28(31(35)37-24-11-7-4-8-12-24)29(22-13-15-25(16-14-22)36-20(2)33)30-26(32-19)17-23(18-27(30)34)21-9-5-3-6-10-21/h3,5-6,9-10,13-16,23-24,28-29H,4,7-8,11-12,17-18H2,1-2H3/t23-,28?,29+/m1/s1. The van der Waals surface area contributed by atoms with Gasteiger partial charge < -0.3 is 9.47 Å². The van der Waals surface area contributed by atoms with Gasteiger partial charge in [0.2, 0.25) is 0 Å². The molecule has 0 saturated heterocycles. The minimum absolute atomic E-state index is 0.0240. The van der Waals surface area contributed by atoms with E-state index in [0.29, 0.717) is 29.9 Å². The molecular formula is C31H33NO5. The highest BCUT2D eigenvalue weighted by Crippen LogP contribution is 2.47. The molecule has 192 valence electrons. The van der Waals surface area contributed by atoms with Gasteiger partial charge in [0, 0.05) is 36.2 Å². The number of nitrogens with zero attached hydrogens (tertiary/aromatic N) is 1. The van der Waals surface area contributed by atoms with Crippen molar-refractivity contribution in [3.8, 4) is 5.75 Å². The van der Waals surface area contributed by atoms with Crippen LogP contribution in [-0.2, 0) is 19.1 Å². The minimum Gasteiger partial charge on any atom is -0.462 e. The van der Waals surface area contributed by atoms with Gasteiger partial charge >= 0.3 is 11.9 Å². The molecule has 1 heterocycles. The zero-order valence-corrected chi connectivity index (χ0v) is 21.4. The van der Waals surface area contributed by atoms with E-state index >= 15 is 0 Å². The number of benzene rings is 2. The Morgan fingerprint density at radius 1 is 0.892 bits per heavy atom. The maximum Gasteiger partial charge on any atom is 0.315 e. The number of Topliss-reactive ketones (excluding diaryl/α,β-unsaturated/α-hetero) is 1. The fourth-order valence-electron chi connectivity index (χ4n) is 6.02.